The fraction of sp³-hybridized carbons (Fsp3) is 0.571. The number of aryl methyl sites for hydroxylation is 1. The maximum atomic E-state index is 5.86. The second-order valence-electron chi connectivity index (χ2n) is 5.01. The zero-order valence-corrected chi connectivity index (χ0v) is 12.0. The van der Waals surface area contributed by atoms with E-state index >= 15 is 0 Å². The minimum atomic E-state index is 0.534. The molecule has 0 bridgehead atoms. The van der Waals surface area contributed by atoms with Crippen LogP contribution in [-0.2, 0) is 0 Å². The highest BCUT2D eigenvalue weighted by Crippen LogP contribution is 2.30. The summed E-state index contributed by atoms with van der Waals surface area (Å²) in [5.74, 6) is 0.621. The van der Waals surface area contributed by atoms with Gasteiger partial charge < -0.3 is 11.1 Å². The lowest BCUT2D eigenvalue weighted by molar-refractivity contribution is 0.332. The molecule has 0 heterocycles. The van der Waals surface area contributed by atoms with Crippen LogP contribution in [0.4, 0.5) is 5.69 Å². The normalized spacial score (nSPS) is 24.6. The van der Waals surface area contributed by atoms with Gasteiger partial charge in [-0.2, -0.15) is 0 Å². The first-order valence-corrected chi connectivity index (χ1v) is 7.23. The molecule has 2 nitrogen and oxygen atoms in total. The number of hydrogen-bond donors (Lipinski definition) is 2. The van der Waals surface area contributed by atoms with Crippen LogP contribution in [0.25, 0.3) is 0 Å². The van der Waals surface area contributed by atoms with E-state index in [1.807, 2.05) is 0 Å². The third-order valence-electron chi connectivity index (χ3n) is 3.67. The molecule has 3 N–H and O–H groups in total. The van der Waals surface area contributed by atoms with Crippen molar-refractivity contribution in [1.82, 2.24) is 0 Å². The summed E-state index contributed by atoms with van der Waals surface area (Å²) in [6.07, 6.45) is 5.15. The lowest BCUT2D eigenvalue weighted by Gasteiger charge is -2.32. The number of halogens is 1. The van der Waals surface area contributed by atoms with Gasteiger partial charge in [-0.15, -0.1) is 0 Å². The summed E-state index contributed by atoms with van der Waals surface area (Å²) in [6, 6.07) is 6.97. The summed E-state index contributed by atoms with van der Waals surface area (Å²) < 4.78 is 1.14. The number of nitrogens with two attached hydrogens (primary N) is 1. The molecule has 0 radical (unpaired) electrons. The molecular formula is C14H21BrN2. The Morgan fingerprint density at radius 2 is 2.12 bits per heavy atom. The quantitative estimate of drug-likeness (QED) is 0.893. The van der Waals surface area contributed by atoms with Gasteiger partial charge in [0.25, 0.3) is 0 Å². The maximum absolute atomic E-state index is 5.86. The predicted octanol–water partition coefficient (Wildman–Crippen LogP) is 3.69. The topological polar surface area (TPSA) is 38.0 Å². The summed E-state index contributed by atoms with van der Waals surface area (Å²) in [6.45, 7) is 2.92. The Hall–Kier alpha value is -0.540. The van der Waals surface area contributed by atoms with E-state index in [0.717, 1.165) is 11.0 Å². The van der Waals surface area contributed by atoms with Gasteiger partial charge in [0.15, 0.2) is 0 Å². The average molecular weight is 297 g/mol. The van der Waals surface area contributed by atoms with E-state index in [9.17, 15) is 0 Å². The lowest BCUT2D eigenvalue weighted by atomic mass is 9.84. The summed E-state index contributed by atoms with van der Waals surface area (Å²) in [7, 11) is 0. The van der Waals surface area contributed by atoms with Crippen LogP contribution in [0.1, 0.15) is 31.2 Å². The number of nitrogens with one attached hydrogen (secondary N) is 1. The minimum absolute atomic E-state index is 0.534. The molecule has 17 heavy (non-hydrogen) atoms. The zero-order valence-electron chi connectivity index (χ0n) is 10.4. The van der Waals surface area contributed by atoms with Crippen LogP contribution >= 0.6 is 15.9 Å². The monoisotopic (exact) mass is 296 g/mol. The van der Waals surface area contributed by atoms with Crippen LogP contribution < -0.4 is 11.1 Å². The minimum Gasteiger partial charge on any atom is -0.381 e. The van der Waals surface area contributed by atoms with E-state index in [4.69, 9.17) is 5.73 Å². The van der Waals surface area contributed by atoms with Crippen molar-refractivity contribution in [3.05, 3.63) is 28.2 Å². The van der Waals surface area contributed by atoms with Gasteiger partial charge >= 0.3 is 0 Å². The van der Waals surface area contributed by atoms with Crippen molar-refractivity contribution in [1.29, 1.82) is 0 Å². The van der Waals surface area contributed by atoms with Crippen LogP contribution in [0.2, 0.25) is 0 Å². The lowest BCUT2D eigenvalue weighted by Crippen LogP contribution is -2.36. The Morgan fingerprint density at radius 1 is 1.35 bits per heavy atom. The molecule has 0 aliphatic heterocycles. The summed E-state index contributed by atoms with van der Waals surface area (Å²) in [4.78, 5) is 0. The van der Waals surface area contributed by atoms with Gasteiger partial charge in [-0.25, -0.2) is 0 Å². The molecule has 1 aromatic rings. The third-order valence-corrected chi connectivity index (χ3v) is 4.37. The van der Waals surface area contributed by atoms with Gasteiger partial charge in [0.05, 0.1) is 0 Å². The van der Waals surface area contributed by atoms with E-state index in [1.165, 1.54) is 36.9 Å². The van der Waals surface area contributed by atoms with Crippen molar-refractivity contribution in [3.63, 3.8) is 0 Å². The highest BCUT2D eigenvalue weighted by Gasteiger charge is 2.24. The molecular weight excluding hydrogens is 276 g/mol. The van der Waals surface area contributed by atoms with Gasteiger partial charge in [-0.1, -0.05) is 18.9 Å². The van der Waals surface area contributed by atoms with Crippen LogP contribution in [0.3, 0.4) is 0 Å². The van der Waals surface area contributed by atoms with E-state index in [-0.39, 0.29) is 0 Å². The molecule has 1 saturated carbocycles. The van der Waals surface area contributed by atoms with Crippen LogP contribution in [0.15, 0.2) is 22.7 Å². The van der Waals surface area contributed by atoms with Gasteiger partial charge in [-0.05, 0) is 65.9 Å². The number of hydrogen-bond acceptors (Lipinski definition) is 2. The SMILES string of the molecule is Cc1ccc(Br)c(NC2CCCCC2CN)c1. The van der Waals surface area contributed by atoms with Crippen molar-refractivity contribution in [2.45, 2.75) is 38.6 Å². The first-order chi connectivity index (χ1) is 8.20. The molecule has 94 valence electrons. The summed E-state index contributed by atoms with van der Waals surface area (Å²) >= 11 is 3.61. The Kier molecular flexibility index (Phi) is 4.46. The molecule has 0 spiro atoms. The third kappa shape index (κ3) is 3.23. The Balaban J connectivity index is 2.10. The van der Waals surface area contributed by atoms with Crippen LogP contribution in [0.5, 0.6) is 0 Å². The molecule has 0 amide bonds. The highest BCUT2D eigenvalue weighted by molar-refractivity contribution is 9.10. The first-order valence-electron chi connectivity index (χ1n) is 6.43. The largest absolute Gasteiger partial charge is 0.381 e. The Bertz CT molecular complexity index is 378. The van der Waals surface area contributed by atoms with Gasteiger partial charge in [0, 0.05) is 16.2 Å². The molecule has 1 aliphatic rings. The number of benzene rings is 1. The van der Waals surface area contributed by atoms with Crippen molar-refractivity contribution in [2.75, 3.05) is 11.9 Å². The molecule has 0 saturated heterocycles. The van der Waals surface area contributed by atoms with Crippen molar-refractivity contribution < 1.29 is 0 Å². The smallest absolute Gasteiger partial charge is 0.0489 e. The molecule has 2 unspecified atom stereocenters. The van der Waals surface area contributed by atoms with Crippen LogP contribution in [0, 0.1) is 12.8 Å². The number of rotatable bonds is 3. The number of anilines is 1. The molecule has 1 aliphatic carbocycles. The second-order valence-corrected chi connectivity index (χ2v) is 5.87. The average Bonchev–Trinajstić information content (AvgIpc) is 2.34. The van der Waals surface area contributed by atoms with Gasteiger partial charge in [0.1, 0.15) is 0 Å². The van der Waals surface area contributed by atoms with E-state index in [0.29, 0.717) is 12.0 Å². The van der Waals surface area contributed by atoms with Crippen molar-refractivity contribution >= 4 is 21.6 Å². The fourth-order valence-electron chi connectivity index (χ4n) is 2.63. The molecule has 2 rings (SSSR count). The van der Waals surface area contributed by atoms with Crippen LogP contribution in [-0.4, -0.2) is 12.6 Å². The highest BCUT2D eigenvalue weighted by atomic mass is 79.9. The van der Waals surface area contributed by atoms with E-state index < -0.39 is 0 Å². The van der Waals surface area contributed by atoms with E-state index in [1.54, 1.807) is 0 Å². The maximum Gasteiger partial charge on any atom is 0.0489 e. The van der Waals surface area contributed by atoms with Gasteiger partial charge in [-0.3, -0.25) is 0 Å². The summed E-state index contributed by atoms with van der Waals surface area (Å²) in [5, 5.41) is 3.66. The van der Waals surface area contributed by atoms with Crippen molar-refractivity contribution in [3.8, 4) is 0 Å². The molecule has 1 aromatic carbocycles. The molecule has 3 heteroatoms. The molecule has 0 aromatic heterocycles. The fourth-order valence-corrected chi connectivity index (χ4v) is 2.99. The summed E-state index contributed by atoms with van der Waals surface area (Å²) in [5.41, 5.74) is 8.36. The molecule has 2 atom stereocenters. The standard InChI is InChI=1S/C14H21BrN2/c1-10-6-7-12(15)14(8-10)17-13-5-3-2-4-11(13)9-16/h6-8,11,13,17H,2-5,9,16H2,1H3. The van der Waals surface area contributed by atoms with E-state index in [2.05, 4.69) is 46.4 Å². The first kappa shape index (κ1) is 12.9. The predicted molar refractivity (Wildman–Crippen MR) is 77.3 cm³/mol. The Labute approximate surface area is 112 Å². The Morgan fingerprint density at radius 3 is 2.88 bits per heavy atom. The van der Waals surface area contributed by atoms with Crippen molar-refractivity contribution in [2.24, 2.45) is 11.7 Å². The zero-order chi connectivity index (χ0) is 12.3. The molecule has 1 fully saturated rings. The van der Waals surface area contributed by atoms with Gasteiger partial charge in [0.2, 0.25) is 0 Å². The second kappa shape index (κ2) is 5.87.